The summed E-state index contributed by atoms with van der Waals surface area (Å²) in [6, 6.07) is 15.5. The van der Waals surface area contributed by atoms with Crippen molar-refractivity contribution < 1.29 is 4.79 Å². The highest BCUT2D eigenvalue weighted by Gasteiger charge is 2.34. The molecule has 0 N–H and O–H groups in total. The number of carbonyl (C=O) groups is 1. The smallest absolute Gasteiger partial charge is 0.245 e. The summed E-state index contributed by atoms with van der Waals surface area (Å²) in [4.78, 5) is 13.7. The number of hydrogen-bond donors (Lipinski definition) is 0. The van der Waals surface area contributed by atoms with Crippen LogP contribution in [0, 0.1) is 0 Å². The van der Waals surface area contributed by atoms with E-state index in [1.807, 2.05) is 55.5 Å². The van der Waals surface area contributed by atoms with E-state index in [0.717, 1.165) is 21.8 Å². The molecule has 5 heteroatoms. The van der Waals surface area contributed by atoms with Crippen molar-refractivity contribution in [1.29, 1.82) is 0 Å². The maximum Gasteiger partial charge on any atom is 0.245 e. The zero-order chi connectivity index (χ0) is 15.0. The van der Waals surface area contributed by atoms with E-state index in [2.05, 4.69) is 0 Å². The Morgan fingerprint density at radius 1 is 1.05 bits per heavy atom. The van der Waals surface area contributed by atoms with Gasteiger partial charge in [-0.3, -0.25) is 9.69 Å². The Labute approximate surface area is 138 Å². The first-order valence-corrected chi connectivity index (χ1v) is 8.13. The average molecular weight is 334 g/mol. The lowest BCUT2D eigenvalue weighted by Gasteiger charge is -2.15. The molecule has 0 aromatic heterocycles. The highest BCUT2D eigenvalue weighted by atomic mass is 35.5. The Balaban J connectivity index is 1.89. The zero-order valence-electron chi connectivity index (χ0n) is 11.2. The molecule has 1 atom stereocenters. The number of anilines is 1. The molecule has 0 saturated carbocycles. The third kappa shape index (κ3) is 2.84. The van der Waals surface area contributed by atoms with Gasteiger partial charge < -0.3 is 0 Å². The minimum atomic E-state index is -0.103. The van der Waals surface area contributed by atoms with Crippen molar-refractivity contribution in [2.24, 2.45) is 0 Å². The molecular weight excluding hydrogens is 322 g/mol. The van der Waals surface area contributed by atoms with Crippen LogP contribution >= 0.6 is 35.6 Å². The molecule has 1 heterocycles. The lowest BCUT2D eigenvalue weighted by atomic mass is 10.1. The fraction of sp³-hybridized carbons (Fsp3) is 0.125. The standard InChI is InChI=1S/C16H12ClNOS2/c1-10-15(19)18(16(20)21-10)14-8-4-12(5-9-14)11-2-6-13(17)7-3-11/h2-10H,1H3. The molecule has 1 unspecified atom stereocenters. The Morgan fingerprint density at radius 2 is 1.57 bits per heavy atom. The van der Waals surface area contributed by atoms with Gasteiger partial charge >= 0.3 is 0 Å². The van der Waals surface area contributed by atoms with Gasteiger partial charge in [-0.05, 0) is 42.3 Å². The molecule has 106 valence electrons. The van der Waals surface area contributed by atoms with Crippen molar-refractivity contribution in [3.8, 4) is 11.1 Å². The summed E-state index contributed by atoms with van der Waals surface area (Å²) in [5, 5.41) is 0.614. The quantitative estimate of drug-likeness (QED) is 0.739. The molecule has 21 heavy (non-hydrogen) atoms. The number of rotatable bonds is 2. The highest BCUT2D eigenvalue weighted by Crippen LogP contribution is 2.33. The molecule has 1 fully saturated rings. The lowest BCUT2D eigenvalue weighted by molar-refractivity contribution is -0.116. The topological polar surface area (TPSA) is 20.3 Å². The summed E-state index contributed by atoms with van der Waals surface area (Å²) >= 11 is 12.6. The van der Waals surface area contributed by atoms with Crippen LogP contribution in [0.4, 0.5) is 5.69 Å². The summed E-state index contributed by atoms with van der Waals surface area (Å²) in [7, 11) is 0. The van der Waals surface area contributed by atoms with Gasteiger partial charge in [-0.15, -0.1) is 0 Å². The van der Waals surface area contributed by atoms with Gasteiger partial charge in [0.15, 0.2) is 0 Å². The number of thiocarbonyl (C=S) groups is 1. The van der Waals surface area contributed by atoms with Crippen molar-refractivity contribution in [2.45, 2.75) is 12.2 Å². The first-order valence-electron chi connectivity index (χ1n) is 6.47. The third-order valence-electron chi connectivity index (χ3n) is 3.33. The van der Waals surface area contributed by atoms with Gasteiger partial charge in [-0.1, -0.05) is 59.8 Å². The summed E-state index contributed by atoms with van der Waals surface area (Å²) in [6.07, 6.45) is 0. The van der Waals surface area contributed by atoms with Crippen LogP contribution in [0.15, 0.2) is 48.5 Å². The minimum Gasteiger partial charge on any atom is -0.273 e. The molecule has 0 spiro atoms. The molecule has 1 amide bonds. The van der Waals surface area contributed by atoms with E-state index in [1.165, 1.54) is 11.8 Å². The fourth-order valence-corrected chi connectivity index (χ4v) is 3.77. The van der Waals surface area contributed by atoms with Gasteiger partial charge in [0, 0.05) is 5.02 Å². The monoisotopic (exact) mass is 333 g/mol. The number of benzene rings is 2. The lowest BCUT2D eigenvalue weighted by Crippen LogP contribution is -2.30. The SMILES string of the molecule is CC1SC(=S)N(c2ccc(-c3ccc(Cl)cc3)cc2)C1=O. The van der Waals surface area contributed by atoms with E-state index >= 15 is 0 Å². The summed E-state index contributed by atoms with van der Waals surface area (Å²) < 4.78 is 0.617. The van der Waals surface area contributed by atoms with Gasteiger partial charge in [0.25, 0.3) is 0 Å². The van der Waals surface area contributed by atoms with Gasteiger partial charge in [0.2, 0.25) is 5.91 Å². The van der Waals surface area contributed by atoms with Crippen LogP contribution < -0.4 is 4.90 Å². The maximum atomic E-state index is 12.1. The first-order chi connectivity index (χ1) is 10.1. The van der Waals surface area contributed by atoms with Crippen molar-refractivity contribution in [3.63, 3.8) is 0 Å². The van der Waals surface area contributed by atoms with Crippen LogP contribution in [0.2, 0.25) is 5.02 Å². The van der Waals surface area contributed by atoms with E-state index in [4.69, 9.17) is 23.8 Å². The van der Waals surface area contributed by atoms with E-state index in [0.29, 0.717) is 4.32 Å². The second-order valence-electron chi connectivity index (χ2n) is 4.75. The minimum absolute atomic E-state index is 0.0456. The molecule has 2 nitrogen and oxygen atoms in total. The number of amides is 1. The number of nitrogens with zero attached hydrogens (tertiary/aromatic N) is 1. The molecule has 2 aromatic rings. The Hall–Kier alpha value is -1.36. The Morgan fingerprint density at radius 3 is 2.05 bits per heavy atom. The summed E-state index contributed by atoms with van der Waals surface area (Å²) in [6.45, 7) is 1.88. The average Bonchev–Trinajstić information content (AvgIpc) is 2.73. The number of carbonyl (C=O) groups excluding carboxylic acids is 1. The predicted molar refractivity (Wildman–Crippen MR) is 94.0 cm³/mol. The van der Waals surface area contributed by atoms with Crippen LogP contribution in [-0.2, 0) is 4.79 Å². The molecule has 0 aliphatic carbocycles. The Kier molecular flexibility index (Phi) is 4.02. The number of halogens is 1. The molecule has 2 aromatic carbocycles. The molecule has 1 aliphatic rings. The van der Waals surface area contributed by atoms with Gasteiger partial charge in [-0.25, -0.2) is 0 Å². The van der Waals surface area contributed by atoms with Crippen molar-refractivity contribution in [2.75, 3.05) is 4.90 Å². The van der Waals surface area contributed by atoms with Crippen molar-refractivity contribution in [3.05, 3.63) is 53.6 Å². The van der Waals surface area contributed by atoms with Crippen molar-refractivity contribution >= 4 is 51.5 Å². The Bertz CT molecular complexity index is 697. The van der Waals surface area contributed by atoms with Crippen LogP contribution in [0.3, 0.4) is 0 Å². The van der Waals surface area contributed by atoms with E-state index in [1.54, 1.807) is 4.90 Å². The van der Waals surface area contributed by atoms with Crippen LogP contribution in [0.25, 0.3) is 11.1 Å². The first kappa shape index (κ1) is 14.6. The van der Waals surface area contributed by atoms with E-state index < -0.39 is 0 Å². The molecule has 0 radical (unpaired) electrons. The predicted octanol–water partition coefficient (Wildman–Crippen LogP) is 4.76. The second-order valence-corrected chi connectivity index (χ2v) is 7.16. The van der Waals surface area contributed by atoms with Gasteiger partial charge in [0.05, 0.1) is 10.9 Å². The van der Waals surface area contributed by atoms with Crippen LogP contribution in [0.1, 0.15) is 6.92 Å². The molecule has 0 bridgehead atoms. The second kappa shape index (κ2) is 5.79. The van der Waals surface area contributed by atoms with Gasteiger partial charge in [0.1, 0.15) is 4.32 Å². The number of hydrogen-bond acceptors (Lipinski definition) is 3. The van der Waals surface area contributed by atoms with Crippen LogP contribution in [0.5, 0.6) is 0 Å². The van der Waals surface area contributed by atoms with Gasteiger partial charge in [-0.2, -0.15) is 0 Å². The van der Waals surface area contributed by atoms with E-state index in [9.17, 15) is 4.79 Å². The highest BCUT2D eigenvalue weighted by molar-refractivity contribution is 8.25. The summed E-state index contributed by atoms with van der Waals surface area (Å²) in [5.74, 6) is 0.0456. The normalized spacial score (nSPS) is 18.4. The molecule has 1 aliphatic heterocycles. The molecular formula is C16H12ClNOS2. The third-order valence-corrected chi connectivity index (χ3v) is 4.99. The fourth-order valence-electron chi connectivity index (χ4n) is 2.20. The number of thioether (sulfide) groups is 1. The summed E-state index contributed by atoms with van der Waals surface area (Å²) in [5.41, 5.74) is 2.98. The zero-order valence-corrected chi connectivity index (χ0v) is 13.6. The molecule has 3 rings (SSSR count). The van der Waals surface area contributed by atoms with Crippen LogP contribution in [-0.4, -0.2) is 15.5 Å². The van der Waals surface area contributed by atoms with Crippen molar-refractivity contribution in [1.82, 2.24) is 0 Å². The largest absolute Gasteiger partial charge is 0.273 e. The van der Waals surface area contributed by atoms with E-state index in [-0.39, 0.29) is 11.2 Å². The molecule has 1 saturated heterocycles. The maximum absolute atomic E-state index is 12.1.